The molecule has 0 fully saturated rings. The second-order valence-electron chi connectivity index (χ2n) is 5.59. The van der Waals surface area contributed by atoms with Crippen LogP contribution in [-0.4, -0.2) is 14.6 Å². The Labute approximate surface area is 132 Å². The third-order valence-electron chi connectivity index (χ3n) is 4.07. The van der Waals surface area contributed by atoms with Gasteiger partial charge in [0.05, 0.1) is 5.52 Å². The van der Waals surface area contributed by atoms with Crippen LogP contribution in [0.25, 0.3) is 27.9 Å². The Hall–Kier alpha value is -3.08. The Kier molecular flexibility index (Phi) is 2.94. The summed E-state index contributed by atoms with van der Waals surface area (Å²) in [5.74, 6) is 0.567. The number of benzene rings is 1. The molecule has 0 saturated heterocycles. The summed E-state index contributed by atoms with van der Waals surface area (Å²) in [6.45, 7) is 4.11. The molecule has 0 spiro atoms. The monoisotopic (exact) mass is 305 g/mol. The van der Waals surface area contributed by atoms with Crippen LogP contribution in [0, 0.1) is 13.8 Å². The lowest BCUT2D eigenvalue weighted by Crippen LogP contribution is -2.03. The predicted octanol–water partition coefficient (Wildman–Crippen LogP) is 3.65. The summed E-state index contributed by atoms with van der Waals surface area (Å²) in [6.07, 6.45) is 1.79. The first kappa shape index (κ1) is 13.6. The number of hydrogen-bond acceptors (Lipinski definition) is 4. The van der Waals surface area contributed by atoms with Crippen LogP contribution in [-0.2, 0) is 0 Å². The summed E-state index contributed by atoms with van der Waals surface area (Å²) in [5, 5.41) is 13.9. The van der Waals surface area contributed by atoms with Crippen molar-refractivity contribution < 1.29 is 9.62 Å². The van der Waals surface area contributed by atoms with E-state index in [0.29, 0.717) is 22.4 Å². The molecule has 0 bridgehead atoms. The number of rotatable bonds is 1. The smallest absolute Gasteiger partial charge is 0.155 e. The molecule has 1 aromatic carbocycles. The van der Waals surface area contributed by atoms with Gasteiger partial charge in [0.15, 0.2) is 5.76 Å². The molecule has 5 nitrogen and oxygen atoms in total. The molecular weight excluding hydrogens is 290 g/mol. The van der Waals surface area contributed by atoms with E-state index in [2.05, 4.69) is 23.1 Å². The van der Waals surface area contributed by atoms with Crippen molar-refractivity contribution in [2.45, 2.75) is 13.8 Å². The van der Waals surface area contributed by atoms with E-state index in [9.17, 15) is 5.21 Å². The molecule has 3 aromatic heterocycles. The van der Waals surface area contributed by atoms with Gasteiger partial charge in [0.25, 0.3) is 0 Å². The van der Waals surface area contributed by atoms with Crippen LogP contribution in [0.4, 0.5) is 0 Å². The average molecular weight is 305 g/mol. The summed E-state index contributed by atoms with van der Waals surface area (Å²) in [7, 11) is 0. The first-order valence-corrected chi connectivity index (χ1v) is 7.33. The maximum atomic E-state index is 9.28. The molecule has 114 valence electrons. The van der Waals surface area contributed by atoms with E-state index in [-0.39, 0.29) is 0 Å². The fourth-order valence-corrected chi connectivity index (χ4v) is 2.92. The van der Waals surface area contributed by atoms with Gasteiger partial charge in [0.2, 0.25) is 0 Å². The fraction of sp³-hybridized carbons (Fsp3) is 0.111. The van der Waals surface area contributed by atoms with Crippen molar-refractivity contribution in [3.8, 4) is 11.5 Å². The lowest BCUT2D eigenvalue weighted by molar-refractivity contribution is 0.302. The van der Waals surface area contributed by atoms with Crippen molar-refractivity contribution >= 4 is 16.5 Å². The van der Waals surface area contributed by atoms with Crippen molar-refractivity contribution in [1.82, 2.24) is 9.38 Å². The topological polar surface area (TPSA) is 63.0 Å². The minimum Gasteiger partial charge on any atom is -0.454 e. The molecule has 0 aliphatic heterocycles. The molecule has 4 aromatic rings. The van der Waals surface area contributed by atoms with E-state index >= 15 is 0 Å². The van der Waals surface area contributed by atoms with Crippen molar-refractivity contribution in [3.05, 3.63) is 65.4 Å². The predicted molar refractivity (Wildman–Crippen MR) is 87.2 cm³/mol. The summed E-state index contributed by atoms with van der Waals surface area (Å²) in [4.78, 5) is 4.48. The highest BCUT2D eigenvalue weighted by Crippen LogP contribution is 2.24. The Balaban J connectivity index is 2.00. The zero-order chi connectivity index (χ0) is 16.0. The molecule has 0 saturated carbocycles. The minimum atomic E-state index is 0.465. The van der Waals surface area contributed by atoms with E-state index in [4.69, 9.17) is 4.42 Å². The van der Waals surface area contributed by atoms with Gasteiger partial charge in [-0.2, -0.15) is 0 Å². The molecular formula is C18H15N3O2. The molecule has 0 aliphatic carbocycles. The van der Waals surface area contributed by atoms with Crippen molar-refractivity contribution in [2.24, 2.45) is 5.16 Å². The van der Waals surface area contributed by atoms with Crippen LogP contribution in [0.15, 0.2) is 58.4 Å². The normalized spacial score (nSPS) is 12.3. The molecule has 4 rings (SSSR count). The number of aryl methyl sites for hydroxylation is 2. The van der Waals surface area contributed by atoms with Gasteiger partial charge in [-0.25, -0.2) is 4.98 Å². The lowest BCUT2D eigenvalue weighted by Gasteiger charge is -2.05. The summed E-state index contributed by atoms with van der Waals surface area (Å²) in [6, 6.07) is 13.3. The Morgan fingerprint density at radius 2 is 1.96 bits per heavy atom. The summed E-state index contributed by atoms with van der Waals surface area (Å²) in [5.41, 5.74) is 4.76. The molecule has 23 heavy (non-hydrogen) atoms. The molecule has 0 radical (unpaired) electrons. The third-order valence-corrected chi connectivity index (χ3v) is 4.07. The minimum absolute atomic E-state index is 0.465. The van der Waals surface area contributed by atoms with Crippen molar-refractivity contribution in [3.63, 3.8) is 0 Å². The highest BCUT2D eigenvalue weighted by Gasteiger charge is 2.10. The standard InChI is InChI=1S/C18H15N3O2/c1-11-7-12(2)21-10-19-15(8-16(11)21)18-9-14(20-22)13-5-3-4-6-17(13)23-18/h3-10,22H,1-2H3/b20-14+. The molecule has 0 atom stereocenters. The van der Waals surface area contributed by atoms with Crippen molar-refractivity contribution in [1.29, 1.82) is 0 Å². The zero-order valence-corrected chi connectivity index (χ0v) is 12.8. The molecule has 0 aliphatic rings. The van der Waals surface area contributed by atoms with Gasteiger partial charge in [-0.3, -0.25) is 0 Å². The molecule has 0 unspecified atom stereocenters. The summed E-state index contributed by atoms with van der Waals surface area (Å²) < 4.78 is 7.98. The second kappa shape index (κ2) is 4.98. The van der Waals surface area contributed by atoms with E-state index in [1.807, 2.05) is 41.7 Å². The molecule has 3 heterocycles. The summed E-state index contributed by atoms with van der Waals surface area (Å²) >= 11 is 0. The van der Waals surface area contributed by atoms with Gasteiger partial charge in [-0.1, -0.05) is 17.3 Å². The highest BCUT2D eigenvalue weighted by molar-refractivity contribution is 5.78. The number of nitrogens with zero attached hydrogens (tertiary/aromatic N) is 3. The van der Waals surface area contributed by atoms with Crippen LogP contribution < -0.4 is 5.36 Å². The SMILES string of the molecule is Cc1cc(C)n2cnc(-c3c/c(=N\O)c4ccccc4o3)cc12. The van der Waals surface area contributed by atoms with Gasteiger partial charge in [0.1, 0.15) is 23.0 Å². The molecule has 0 amide bonds. The van der Waals surface area contributed by atoms with Gasteiger partial charge in [-0.15, -0.1) is 0 Å². The van der Waals surface area contributed by atoms with Crippen LogP contribution >= 0.6 is 0 Å². The lowest BCUT2D eigenvalue weighted by atomic mass is 10.2. The fourth-order valence-electron chi connectivity index (χ4n) is 2.92. The second-order valence-corrected chi connectivity index (χ2v) is 5.59. The highest BCUT2D eigenvalue weighted by atomic mass is 16.4. The molecule has 1 N–H and O–H groups in total. The largest absolute Gasteiger partial charge is 0.454 e. The Morgan fingerprint density at radius 3 is 2.78 bits per heavy atom. The van der Waals surface area contributed by atoms with Crippen LogP contribution in [0.1, 0.15) is 11.3 Å². The van der Waals surface area contributed by atoms with E-state index in [1.54, 1.807) is 12.4 Å². The van der Waals surface area contributed by atoms with Crippen LogP contribution in [0.3, 0.4) is 0 Å². The first-order valence-electron chi connectivity index (χ1n) is 7.33. The van der Waals surface area contributed by atoms with Crippen LogP contribution in [0.5, 0.6) is 0 Å². The van der Waals surface area contributed by atoms with Gasteiger partial charge >= 0.3 is 0 Å². The number of aromatic nitrogens is 2. The van der Waals surface area contributed by atoms with E-state index in [1.165, 1.54) is 5.56 Å². The van der Waals surface area contributed by atoms with Gasteiger partial charge < -0.3 is 14.0 Å². The first-order chi connectivity index (χ1) is 11.2. The third kappa shape index (κ3) is 2.09. The maximum Gasteiger partial charge on any atom is 0.155 e. The molecule has 5 heteroatoms. The van der Waals surface area contributed by atoms with Gasteiger partial charge in [-0.05, 0) is 43.7 Å². The zero-order valence-electron chi connectivity index (χ0n) is 12.8. The maximum absolute atomic E-state index is 9.28. The van der Waals surface area contributed by atoms with Crippen LogP contribution in [0.2, 0.25) is 0 Å². The van der Waals surface area contributed by atoms with Gasteiger partial charge in [0, 0.05) is 17.1 Å². The number of para-hydroxylation sites is 1. The number of hydrogen-bond donors (Lipinski definition) is 1. The Morgan fingerprint density at radius 1 is 1.13 bits per heavy atom. The van der Waals surface area contributed by atoms with E-state index in [0.717, 1.165) is 16.6 Å². The Bertz CT molecular complexity index is 1110. The average Bonchev–Trinajstić information content (AvgIpc) is 2.87. The quantitative estimate of drug-likeness (QED) is 0.431. The van der Waals surface area contributed by atoms with E-state index < -0.39 is 0 Å². The van der Waals surface area contributed by atoms with Crippen molar-refractivity contribution in [2.75, 3.05) is 0 Å². The number of fused-ring (bicyclic) bond motifs is 2.